The largest absolute Gasteiger partial charge is 0.508 e. The molecule has 0 radical (unpaired) electrons. The molecule has 0 aliphatic carbocycles. The number of hydrogen-bond acceptors (Lipinski definition) is 7. The number of phenolic OH excluding ortho intramolecular Hbond substituents is 1. The third-order valence-corrected chi connectivity index (χ3v) is 8.82. The van der Waals surface area contributed by atoms with Gasteiger partial charge >= 0.3 is 0 Å². The molecule has 3 aliphatic heterocycles. The lowest BCUT2D eigenvalue weighted by atomic mass is 9.79. The first-order valence-electron chi connectivity index (χ1n) is 13.1. The number of fused-ring (bicyclic) bond motifs is 2. The average molecular weight is 533 g/mol. The molecule has 7 rings (SSSR count). The van der Waals surface area contributed by atoms with Crippen LogP contribution >= 0.6 is 11.6 Å². The molecule has 0 saturated carbocycles. The van der Waals surface area contributed by atoms with Crippen LogP contribution in [0.5, 0.6) is 5.75 Å². The van der Waals surface area contributed by atoms with Crippen LogP contribution in [0.3, 0.4) is 0 Å². The van der Waals surface area contributed by atoms with Crippen LogP contribution in [0.25, 0.3) is 32.8 Å². The minimum absolute atomic E-state index is 0.0599. The van der Waals surface area contributed by atoms with E-state index < -0.39 is 5.82 Å². The van der Waals surface area contributed by atoms with Gasteiger partial charge in [-0.15, -0.1) is 0 Å². The molecule has 1 aromatic heterocycles. The molecule has 7 nitrogen and oxygen atoms in total. The molecule has 3 fully saturated rings. The Labute approximate surface area is 225 Å². The van der Waals surface area contributed by atoms with Crippen LogP contribution < -0.4 is 15.1 Å². The predicted octanol–water partition coefficient (Wildman–Crippen LogP) is 4.50. The van der Waals surface area contributed by atoms with E-state index in [-0.39, 0.29) is 27.3 Å². The molecule has 1 spiro atoms. The predicted molar refractivity (Wildman–Crippen MR) is 151 cm³/mol. The van der Waals surface area contributed by atoms with E-state index in [1.165, 1.54) is 0 Å². The first-order valence-corrected chi connectivity index (χ1v) is 13.5. The maximum atomic E-state index is 16.6. The van der Waals surface area contributed by atoms with Crippen molar-refractivity contribution < 1.29 is 9.50 Å². The number of anilines is 2. The second kappa shape index (κ2) is 8.66. The summed E-state index contributed by atoms with van der Waals surface area (Å²) in [6, 6.07) is 13.1. The van der Waals surface area contributed by atoms with Crippen molar-refractivity contribution >= 4 is 45.0 Å². The Balaban J connectivity index is 1.40. The SMILES string of the molecule is CN(C)C1CN(c2nc(N3CC4(CCNC4)C3)c3cc(Cl)c(-c4cc(O)cc5ccccc45)c(F)c3n2)C1. The number of nitrogens with one attached hydrogen (secondary N) is 1. The molecule has 4 heterocycles. The fourth-order valence-electron chi connectivity index (χ4n) is 6.22. The highest BCUT2D eigenvalue weighted by Gasteiger charge is 2.46. The van der Waals surface area contributed by atoms with E-state index in [1.807, 2.05) is 24.3 Å². The van der Waals surface area contributed by atoms with Gasteiger partial charge in [-0.3, -0.25) is 0 Å². The number of nitrogens with zero attached hydrogens (tertiary/aromatic N) is 5. The molecule has 38 heavy (non-hydrogen) atoms. The van der Waals surface area contributed by atoms with Gasteiger partial charge < -0.3 is 25.1 Å². The molecule has 9 heteroatoms. The van der Waals surface area contributed by atoms with E-state index in [2.05, 4.69) is 34.1 Å². The molecule has 196 valence electrons. The highest BCUT2D eigenvalue weighted by atomic mass is 35.5. The Morgan fingerprint density at radius 3 is 2.61 bits per heavy atom. The molecule has 2 N–H and O–H groups in total. The zero-order valence-electron chi connectivity index (χ0n) is 21.5. The zero-order valence-corrected chi connectivity index (χ0v) is 22.3. The molecule has 3 aliphatic rings. The summed E-state index contributed by atoms with van der Waals surface area (Å²) in [5.41, 5.74) is 1.31. The highest BCUT2D eigenvalue weighted by molar-refractivity contribution is 6.35. The van der Waals surface area contributed by atoms with E-state index in [1.54, 1.807) is 18.2 Å². The Hall–Kier alpha value is -3.20. The summed E-state index contributed by atoms with van der Waals surface area (Å²) in [4.78, 5) is 16.3. The molecule has 4 aromatic rings. The lowest BCUT2D eigenvalue weighted by Crippen LogP contribution is -2.59. The molecule has 0 bridgehead atoms. The fraction of sp³-hybridized carbons (Fsp3) is 0.379. The van der Waals surface area contributed by atoms with E-state index in [4.69, 9.17) is 21.6 Å². The fourth-order valence-corrected chi connectivity index (χ4v) is 6.52. The first kappa shape index (κ1) is 23.9. The van der Waals surface area contributed by atoms with E-state index in [0.717, 1.165) is 62.3 Å². The van der Waals surface area contributed by atoms with Gasteiger partial charge in [0.1, 0.15) is 17.1 Å². The smallest absolute Gasteiger partial charge is 0.228 e. The van der Waals surface area contributed by atoms with Crippen molar-refractivity contribution in [3.8, 4) is 16.9 Å². The monoisotopic (exact) mass is 532 g/mol. The van der Waals surface area contributed by atoms with Crippen LogP contribution in [-0.4, -0.2) is 79.4 Å². The highest BCUT2D eigenvalue weighted by Crippen LogP contribution is 2.45. The van der Waals surface area contributed by atoms with Crippen LogP contribution in [0.4, 0.5) is 16.2 Å². The molecule has 0 amide bonds. The van der Waals surface area contributed by atoms with E-state index >= 15 is 4.39 Å². The maximum Gasteiger partial charge on any atom is 0.228 e. The second-order valence-electron chi connectivity index (χ2n) is 11.3. The van der Waals surface area contributed by atoms with Crippen molar-refractivity contribution in [2.24, 2.45) is 5.41 Å². The summed E-state index contributed by atoms with van der Waals surface area (Å²) >= 11 is 6.83. The van der Waals surface area contributed by atoms with Crippen molar-refractivity contribution in [1.82, 2.24) is 20.2 Å². The molecular weight excluding hydrogens is 503 g/mol. The summed E-state index contributed by atoms with van der Waals surface area (Å²) in [6.45, 7) is 5.38. The average Bonchev–Trinajstić information content (AvgIpc) is 3.32. The topological polar surface area (TPSA) is 67.8 Å². The van der Waals surface area contributed by atoms with Gasteiger partial charge in [-0.05, 0) is 61.6 Å². The molecule has 0 unspecified atom stereocenters. The number of rotatable bonds is 4. The van der Waals surface area contributed by atoms with Crippen molar-refractivity contribution in [1.29, 1.82) is 0 Å². The van der Waals surface area contributed by atoms with Gasteiger partial charge in [0.05, 0.1) is 5.02 Å². The van der Waals surface area contributed by atoms with Gasteiger partial charge in [0, 0.05) is 55.1 Å². The van der Waals surface area contributed by atoms with Crippen LogP contribution in [0, 0.1) is 11.2 Å². The van der Waals surface area contributed by atoms with Crippen LogP contribution in [0.15, 0.2) is 42.5 Å². The summed E-state index contributed by atoms with van der Waals surface area (Å²) in [5.74, 6) is 0.855. The van der Waals surface area contributed by atoms with Crippen LogP contribution in [0.1, 0.15) is 6.42 Å². The van der Waals surface area contributed by atoms with E-state index in [9.17, 15) is 5.11 Å². The third kappa shape index (κ3) is 3.69. The van der Waals surface area contributed by atoms with Gasteiger partial charge in [-0.1, -0.05) is 35.9 Å². The Morgan fingerprint density at radius 1 is 1.08 bits per heavy atom. The standard InChI is InChI=1S/C29H30ClFN6O/c1-35(2)18-12-36(13-18)28-33-26-22(27(34-28)37-15-29(16-37)7-8-32-14-29)11-23(30)24(25(26)31)21-10-19(38)9-17-5-3-4-6-20(17)21/h3-6,9-11,18,32,38H,7-8,12-16H2,1-2H3. The maximum absolute atomic E-state index is 16.6. The summed E-state index contributed by atoms with van der Waals surface area (Å²) in [6.07, 6.45) is 1.14. The number of halogens is 2. The Kier molecular flexibility index (Phi) is 5.44. The van der Waals surface area contributed by atoms with Gasteiger partial charge in [0.15, 0.2) is 5.82 Å². The minimum Gasteiger partial charge on any atom is -0.508 e. The summed E-state index contributed by atoms with van der Waals surface area (Å²) in [5, 5.41) is 16.4. The molecule has 3 aromatic carbocycles. The summed E-state index contributed by atoms with van der Waals surface area (Å²) < 4.78 is 16.6. The number of likely N-dealkylation sites (N-methyl/N-ethyl adjacent to an activating group) is 1. The molecule has 0 atom stereocenters. The quantitative estimate of drug-likeness (QED) is 0.401. The zero-order chi connectivity index (χ0) is 26.2. The number of hydrogen-bond donors (Lipinski definition) is 2. The van der Waals surface area contributed by atoms with E-state index in [0.29, 0.717) is 22.9 Å². The molecule has 3 saturated heterocycles. The van der Waals surface area contributed by atoms with Crippen molar-refractivity contribution in [3.05, 3.63) is 53.3 Å². The van der Waals surface area contributed by atoms with Gasteiger partial charge in [-0.2, -0.15) is 4.98 Å². The number of benzene rings is 3. The number of phenols is 1. The first-order chi connectivity index (χ1) is 18.3. The Morgan fingerprint density at radius 2 is 1.87 bits per heavy atom. The van der Waals surface area contributed by atoms with Gasteiger partial charge in [0.2, 0.25) is 5.95 Å². The van der Waals surface area contributed by atoms with Crippen LogP contribution in [-0.2, 0) is 0 Å². The van der Waals surface area contributed by atoms with Crippen molar-refractivity contribution in [2.45, 2.75) is 12.5 Å². The van der Waals surface area contributed by atoms with Crippen molar-refractivity contribution in [2.75, 3.05) is 63.2 Å². The lowest BCUT2D eigenvalue weighted by molar-refractivity contribution is 0.240. The normalized spacial score (nSPS) is 19.1. The van der Waals surface area contributed by atoms with Gasteiger partial charge in [0.25, 0.3) is 0 Å². The summed E-state index contributed by atoms with van der Waals surface area (Å²) in [7, 11) is 4.13. The van der Waals surface area contributed by atoms with Crippen LogP contribution in [0.2, 0.25) is 5.02 Å². The third-order valence-electron chi connectivity index (χ3n) is 8.53. The minimum atomic E-state index is -0.490. The second-order valence-corrected chi connectivity index (χ2v) is 11.7. The van der Waals surface area contributed by atoms with Gasteiger partial charge in [-0.25, -0.2) is 9.37 Å². The number of aromatic nitrogens is 2. The van der Waals surface area contributed by atoms with Crippen molar-refractivity contribution in [3.63, 3.8) is 0 Å². The Bertz CT molecular complexity index is 1570. The lowest BCUT2D eigenvalue weighted by Gasteiger charge is -2.49. The molecular formula is C29H30ClFN6O. The number of aromatic hydroxyl groups is 1.